The highest BCUT2D eigenvalue weighted by atomic mass is 16.5. The van der Waals surface area contributed by atoms with Gasteiger partial charge in [0.1, 0.15) is 6.61 Å². The van der Waals surface area contributed by atoms with Gasteiger partial charge in [0.05, 0.1) is 6.10 Å². The van der Waals surface area contributed by atoms with Crippen LogP contribution in [-0.2, 0) is 16.1 Å². The van der Waals surface area contributed by atoms with Crippen LogP contribution >= 0.6 is 0 Å². The molecule has 0 unspecified atom stereocenters. The van der Waals surface area contributed by atoms with Gasteiger partial charge in [0.25, 0.3) is 0 Å². The molecule has 6 nitrogen and oxygen atoms in total. The molecule has 0 bridgehead atoms. The second-order valence-electron chi connectivity index (χ2n) is 6.58. The molecule has 0 aliphatic carbocycles. The number of nitrogens with zero attached hydrogens (tertiary/aromatic N) is 1. The number of carbonyl (C=O) groups excluding carboxylic acids is 2. The lowest BCUT2D eigenvalue weighted by atomic mass is 10.1. The van der Waals surface area contributed by atoms with E-state index in [1.807, 2.05) is 37.3 Å². The number of ether oxygens (including phenoxy) is 1. The van der Waals surface area contributed by atoms with E-state index in [0.717, 1.165) is 24.8 Å². The fourth-order valence-electron chi connectivity index (χ4n) is 3.04. The first-order valence-electron chi connectivity index (χ1n) is 8.98. The van der Waals surface area contributed by atoms with E-state index < -0.39 is 6.09 Å². The highest BCUT2D eigenvalue weighted by Crippen LogP contribution is 2.19. The Hall–Kier alpha value is -2.08. The number of aliphatic hydroxyl groups is 1. The van der Waals surface area contributed by atoms with E-state index >= 15 is 0 Å². The molecular formula is C19H28N2O4. The van der Waals surface area contributed by atoms with E-state index in [0.29, 0.717) is 25.9 Å². The van der Waals surface area contributed by atoms with Crippen LogP contribution in [0.1, 0.15) is 44.6 Å². The van der Waals surface area contributed by atoms with Gasteiger partial charge < -0.3 is 20.1 Å². The molecule has 1 saturated heterocycles. The number of nitrogens with one attached hydrogen (secondary N) is 1. The second kappa shape index (κ2) is 10.0. The maximum atomic E-state index is 12.1. The van der Waals surface area contributed by atoms with E-state index in [9.17, 15) is 14.7 Å². The van der Waals surface area contributed by atoms with Gasteiger partial charge in [-0.15, -0.1) is 0 Å². The van der Waals surface area contributed by atoms with Crippen molar-refractivity contribution in [1.82, 2.24) is 10.2 Å². The second-order valence-corrected chi connectivity index (χ2v) is 6.58. The van der Waals surface area contributed by atoms with Crippen LogP contribution in [0.25, 0.3) is 0 Å². The van der Waals surface area contributed by atoms with Gasteiger partial charge >= 0.3 is 6.09 Å². The van der Waals surface area contributed by atoms with Crippen molar-refractivity contribution in [3.63, 3.8) is 0 Å². The van der Waals surface area contributed by atoms with Gasteiger partial charge in [-0.3, -0.25) is 4.79 Å². The smallest absolute Gasteiger partial charge is 0.407 e. The molecule has 1 aliphatic rings. The van der Waals surface area contributed by atoms with Gasteiger partial charge in [0, 0.05) is 25.6 Å². The van der Waals surface area contributed by atoms with Gasteiger partial charge in [-0.25, -0.2) is 4.79 Å². The molecule has 1 aromatic carbocycles. The normalized spacial score (nSPS) is 19.7. The summed E-state index contributed by atoms with van der Waals surface area (Å²) in [5.74, 6) is 0.110. The maximum Gasteiger partial charge on any atom is 0.407 e. The minimum absolute atomic E-state index is 0.110. The highest BCUT2D eigenvalue weighted by Gasteiger charge is 2.30. The first-order chi connectivity index (χ1) is 12.1. The molecule has 0 spiro atoms. The number of alkyl carbamates (subject to hydrolysis) is 1. The van der Waals surface area contributed by atoms with Crippen molar-refractivity contribution in [2.45, 2.75) is 57.8 Å². The summed E-state index contributed by atoms with van der Waals surface area (Å²) in [6, 6.07) is 9.67. The van der Waals surface area contributed by atoms with Gasteiger partial charge in [0.15, 0.2) is 0 Å². The molecule has 6 heteroatoms. The van der Waals surface area contributed by atoms with Crippen molar-refractivity contribution >= 4 is 12.0 Å². The predicted octanol–water partition coefficient (Wildman–Crippen LogP) is 2.45. The number of likely N-dealkylation sites (tertiary alicyclic amines) is 1. The highest BCUT2D eigenvalue weighted by molar-refractivity contribution is 5.76. The lowest BCUT2D eigenvalue weighted by Gasteiger charge is -2.21. The van der Waals surface area contributed by atoms with E-state index in [4.69, 9.17) is 4.74 Å². The molecule has 2 amide bonds. The van der Waals surface area contributed by atoms with Crippen LogP contribution < -0.4 is 5.32 Å². The Morgan fingerprint density at radius 2 is 2.00 bits per heavy atom. The molecule has 1 fully saturated rings. The average Bonchev–Trinajstić information content (AvgIpc) is 2.95. The number of hydrogen-bond donors (Lipinski definition) is 2. The standard InChI is InChI=1S/C19H28N2O4/c1-15-12-17(22)13-21(15)18(23)10-6-3-7-11-20-19(24)25-14-16-8-4-2-5-9-16/h2,4-5,8-9,15,17,22H,3,6-7,10-14H2,1H3,(H,20,24)/t15-,17-/m1/s1. The summed E-state index contributed by atoms with van der Waals surface area (Å²) < 4.78 is 5.13. The zero-order valence-corrected chi connectivity index (χ0v) is 14.8. The summed E-state index contributed by atoms with van der Waals surface area (Å²) >= 11 is 0. The Labute approximate surface area is 149 Å². The average molecular weight is 348 g/mol. The van der Waals surface area contributed by atoms with Crippen LogP contribution in [0.4, 0.5) is 4.79 Å². The van der Waals surface area contributed by atoms with Gasteiger partial charge in [0.2, 0.25) is 5.91 Å². The maximum absolute atomic E-state index is 12.1. The Balaban J connectivity index is 1.49. The Kier molecular flexibility index (Phi) is 7.73. The number of amides is 2. The number of rotatable bonds is 8. The third-order valence-corrected chi connectivity index (χ3v) is 4.42. The van der Waals surface area contributed by atoms with Crippen LogP contribution in [0, 0.1) is 0 Å². The number of hydrogen-bond acceptors (Lipinski definition) is 4. The molecule has 2 N–H and O–H groups in total. The summed E-state index contributed by atoms with van der Waals surface area (Å²) in [5.41, 5.74) is 0.956. The van der Waals surface area contributed by atoms with Crippen LogP contribution in [0.15, 0.2) is 30.3 Å². The summed E-state index contributed by atoms with van der Waals surface area (Å²) in [6.07, 6.45) is 2.83. The summed E-state index contributed by atoms with van der Waals surface area (Å²) in [6.45, 7) is 3.23. The number of aliphatic hydroxyl groups excluding tert-OH is 1. The van der Waals surface area contributed by atoms with Gasteiger partial charge in [-0.2, -0.15) is 0 Å². The molecule has 1 aromatic rings. The molecule has 0 saturated carbocycles. The zero-order chi connectivity index (χ0) is 18.1. The van der Waals surface area contributed by atoms with Crippen LogP contribution in [-0.4, -0.2) is 47.2 Å². The summed E-state index contributed by atoms with van der Waals surface area (Å²) in [4.78, 5) is 25.4. The first kappa shape index (κ1) is 19.2. The number of unbranched alkanes of at least 4 members (excludes halogenated alkanes) is 2. The Morgan fingerprint density at radius 1 is 1.24 bits per heavy atom. The molecule has 1 aliphatic heterocycles. The third kappa shape index (κ3) is 6.74. The Morgan fingerprint density at radius 3 is 2.68 bits per heavy atom. The number of carbonyl (C=O) groups is 2. The van der Waals surface area contributed by atoms with E-state index in [2.05, 4.69) is 5.32 Å². The largest absolute Gasteiger partial charge is 0.445 e. The predicted molar refractivity (Wildman–Crippen MR) is 94.9 cm³/mol. The monoisotopic (exact) mass is 348 g/mol. The van der Waals surface area contributed by atoms with E-state index in [1.54, 1.807) is 4.90 Å². The minimum atomic E-state index is -0.417. The van der Waals surface area contributed by atoms with Crippen molar-refractivity contribution < 1.29 is 19.4 Å². The lowest BCUT2D eigenvalue weighted by molar-refractivity contribution is -0.132. The van der Waals surface area contributed by atoms with Crippen LogP contribution in [0.5, 0.6) is 0 Å². The zero-order valence-electron chi connectivity index (χ0n) is 14.8. The van der Waals surface area contributed by atoms with Crippen molar-refractivity contribution in [3.8, 4) is 0 Å². The summed E-state index contributed by atoms with van der Waals surface area (Å²) in [7, 11) is 0. The van der Waals surface area contributed by atoms with Crippen molar-refractivity contribution in [1.29, 1.82) is 0 Å². The van der Waals surface area contributed by atoms with E-state index in [-0.39, 0.29) is 24.7 Å². The lowest BCUT2D eigenvalue weighted by Crippen LogP contribution is -2.34. The molecule has 2 atom stereocenters. The molecule has 25 heavy (non-hydrogen) atoms. The number of β-amino-alcohol motifs (C(OH)–C–C–N with tert-alkyl or cyclic N) is 1. The molecule has 0 radical (unpaired) electrons. The fraction of sp³-hybridized carbons (Fsp3) is 0.579. The van der Waals surface area contributed by atoms with Crippen molar-refractivity contribution in [2.75, 3.05) is 13.1 Å². The van der Waals surface area contributed by atoms with Gasteiger partial charge in [-0.1, -0.05) is 36.8 Å². The molecule has 0 aromatic heterocycles. The van der Waals surface area contributed by atoms with Crippen molar-refractivity contribution in [3.05, 3.63) is 35.9 Å². The molecular weight excluding hydrogens is 320 g/mol. The SMILES string of the molecule is C[C@@H]1C[C@@H](O)CN1C(=O)CCCCCNC(=O)OCc1ccccc1. The quantitative estimate of drug-likeness (QED) is 0.707. The topological polar surface area (TPSA) is 78.9 Å². The fourth-order valence-corrected chi connectivity index (χ4v) is 3.04. The minimum Gasteiger partial charge on any atom is -0.445 e. The Bertz CT molecular complexity index is 550. The van der Waals surface area contributed by atoms with Crippen LogP contribution in [0.2, 0.25) is 0 Å². The molecule has 138 valence electrons. The van der Waals surface area contributed by atoms with Crippen molar-refractivity contribution in [2.24, 2.45) is 0 Å². The van der Waals surface area contributed by atoms with Crippen LogP contribution in [0.3, 0.4) is 0 Å². The number of benzene rings is 1. The summed E-state index contributed by atoms with van der Waals surface area (Å²) in [5, 5.41) is 12.3. The van der Waals surface area contributed by atoms with Gasteiger partial charge in [-0.05, 0) is 31.7 Å². The van der Waals surface area contributed by atoms with E-state index in [1.165, 1.54) is 0 Å². The molecule has 1 heterocycles. The first-order valence-corrected chi connectivity index (χ1v) is 8.98. The third-order valence-electron chi connectivity index (χ3n) is 4.42. The molecule has 2 rings (SSSR count).